The second-order valence-corrected chi connectivity index (χ2v) is 12.0. The Bertz CT molecular complexity index is 940. The Kier molecular flexibility index (Phi) is 7.66. The third kappa shape index (κ3) is 5.51. The molecule has 32 heavy (non-hydrogen) atoms. The highest BCUT2D eigenvalue weighted by Crippen LogP contribution is 2.24. The maximum Gasteiger partial charge on any atom is 0.525 e. The average Bonchev–Trinajstić information content (AvgIpc) is 2.99. The monoisotopic (exact) mass is 531 g/mol. The van der Waals surface area contributed by atoms with Gasteiger partial charge in [-0.15, -0.1) is 4.48 Å². The Hall–Kier alpha value is -1.53. The molecule has 0 bridgehead atoms. The van der Waals surface area contributed by atoms with Crippen LogP contribution in [0.4, 0.5) is 9.59 Å². The fourth-order valence-corrected chi connectivity index (χ4v) is 5.66. The summed E-state index contributed by atoms with van der Waals surface area (Å²) in [6.07, 6.45) is -0.0544. The van der Waals surface area contributed by atoms with Gasteiger partial charge in [0.25, 0.3) is 0 Å². The number of carbonyl (C=O) groups is 2. The Morgan fingerprint density at radius 3 is 2.25 bits per heavy atom. The van der Waals surface area contributed by atoms with Crippen LogP contribution in [-0.2, 0) is 14.8 Å². The third-order valence-electron chi connectivity index (χ3n) is 5.63. The van der Waals surface area contributed by atoms with Crippen LogP contribution in [-0.4, -0.2) is 92.2 Å². The number of nitrogens with zero attached hydrogens (tertiary/aromatic N) is 3. The number of urea groups is 1. The van der Waals surface area contributed by atoms with E-state index in [1.54, 1.807) is 49.9 Å². The van der Waals surface area contributed by atoms with Gasteiger partial charge in [0, 0.05) is 43.7 Å². The number of sulfonamides is 1. The number of nitrogens with one attached hydrogen (secondary N) is 1. The van der Waals surface area contributed by atoms with Gasteiger partial charge in [-0.1, -0.05) is 15.9 Å². The maximum absolute atomic E-state index is 13.6. The van der Waals surface area contributed by atoms with Gasteiger partial charge in [-0.2, -0.15) is 9.10 Å². The highest BCUT2D eigenvalue weighted by molar-refractivity contribution is 9.10. The first-order valence-electron chi connectivity index (χ1n) is 10.8. The van der Waals surface area contributed by atoms with Crippen molar-refractivity contribution in [2.24, 2.45) is 0 Å². The van der Waals surface area contributed by atoms with Crippen molar-refractivity contribution in [2.45, 2.75) is 37.7 Å². The third-order valence-corrected chi connectivity index (χ3v) is 8.07. The minimum atomic E-state index is -3.66. The lowest BCUT2D eigenvalue weighted by Gasteiger charge is -2.39. The van der Waals surface area contributed by atoms with E-state index < -0.39 is 26.2 Å². The number of halogens is 1. The summed E-state index contributed by atoms with van der Waals surface area (Å²) in [7, 11) is -3.66. The number of ether oxygens (including phenoxy) is 1. The Balaban J connectivity index is 1.77. The van der Waals surface area contributed by atoms with E-state index >= 15 is 0 Å². The lowest BCUT2D eigenvalue weighted by Crippen LogP contribution is -2.68. The van der Waals surface area contributed by atoms with E-state index in [1.807, 2.05) is 0 Å². The first-order valence-corrected chi connectivity index (χ1v) is 13.1. The smallest absolute Gasteiger partial charge is 0.414 e. The lowest BCUT2D eigenvalue weighted by molar-refractivity contribution is -0.784. The van der Waals surface area contributed by atoms with Gasteiger partial charge < -0.3 is 10.1 Å². The van der Waals surface area contributed by atoms with Crippen LogP contribution in [0.2, 0.25) is 0 Å². The Labute approximate surface area is 198 Å². The van der Waals surface area contributed by atoms with Crippen molar-refractivity contribution >= 4 is 38.1 Å². The predicted molar refractivity (Wildman–Crippen MR) is 124 cm³/mol. The molecule has 3 rings (SSSR count). The molecule has 9 nitrogen and oxygen atoms in total. The molecule has 2 heterocycles. The number of piperazine rings is 1. The molecule has 1 aromatic carbocycles. The number of hydrogen-bond donors (Lipinski definition) is 1. The van der Waals surface area contributed by atoms with E-state index in [1.165, 1.54) is 4.31 Å². The van der Waals surface area contributed by atoms with Gasteiger partial charge in [0.05, 0.1) is 4.90 Å². The topological polar surface area (TPSA) is 96.0 Å². The van der Waals surface area contributed by atoms with Crippen molar-refractivity contribution < 1.29 is 27.2 Å². The zero-order chi connectivity index (χ0) is 23.6. The summed E-state index contributed by atoms with van der Waals surface area (Å²) in [5, 5.41) is 3.19. The average molecular weight is 532 g/mol. The first-order chi connectivity index (χ1) is 15.0. The normalized spacial score (nSPS) is 20.4. The summed E-state index contributed by atoms with van der Waals surface area (Å²) in [6.45, 7) is 8.14. The van der Waals surface area contributed by atoms with E-state index in [0.29, 0.717) is 45.7 Å². The quantitative estimate of drug-likeness (QED) is 0.589. The van der Waals surface area contributed by atoms with Gasteiger partial charge in [-0.3, -0.25) is 4.90 Å². The minimum absolute atomic E-state index is 0.177. The molecule has 0 radical (unpaired) electrons. The molecule has 2 aliphatic rings. The number of benzene rings is 1. The fourth-order valence-electron chi connectivity index (χ4n) is 3.93. The van der Waals surface area contributed by atoms with E-state index in [-0.39, 0.29) is 24.0 Å². The van der Waals surface area contributed by atoms with E-state index in [4.69, 9.17) is 4.74 Å². The summed E-state index contributed by atoms with van der Waals surface area (Å²) in [5.74, 6) is 0. The van der Waals surface area contributed by atoms with E-state index in [0.717, 1.165) is 4.47 Å². The maximum atomic E-state index is 13.6. The molecule has 1 N–H and O–H groups in total. The van der Waals surface area contributed by atoms with Crippen LogP contribution < -0.4 is 5.32 Å². The van der Waals surface area contributed by atoms with Gasteiger partial charge in [-0.05, 0) is 51.5 Å². The van der Waals surface area contributed by atoms with Crippen molar-refractivity contribution in [1.82, 2.24) is 14.5 Å². The van der Waals surface area contributed by atoms with Crippen molar-refractivity contribution in [3.05, 3.63) is 28.7 Å². The second kappa shape index (κ2) is 9.76. The molecule has 0 atom stereocenters. The largest absolute Gasteiger partial charge is 0.525 e. The van der Waals surface area contributed by atoms with Crippen molar-refractivity contribution in [1.29, 1.82) is 0 Å². The number of quaternary nitrogens is 1. The van der Waals surface area contributed by atoms with Crippen molar-refractivity contribution in [2.75, 3.05) is 52.4 Å². The van der Waals surface area contributed by atoms with Gasteiger partial charge in [0.2, 0.25) is 10.0 Å². The number of carbonyl (C=O) groups excluding carboxylic acids is 2. The summed E-state index contributed by atoms with van der Waals surface area (Å²) in [4.78, 5) is 28.6. The first kappa shape index (κ1) is 25.1. The number of hydrogen-bond acceptors (Lipinski definition) is 6. The second-order valence-electron chi connectivity index (χ2n) is 9.13. The molecule has 3 amide bonds. The molecule has 0 aliphatic carbocycles. The molecule has 2 aliphatic heterocycles. The number of imide groups is 1. The summed E-state index contributed by atoms with van der Waals surface area (Å²) in [5.41, 5.74) is -0.707. The Morgan fingerprint density at radius 1 is 1.03 bits per heavy atom. The van der Waals surface area contributed by atoms with Crippen LogP contribution in [0, 0.1) is 0 Å². The predicted octanol–water partition coefficient (Wildman–Crippen LogP) is 2.62. The van der Waals surface area contributed by atoms with Crippen LogP contribution in [0.3, 0.4) is 0 Å². The molecule has 0 aromatic heterocycles. The summed E-state index contributed by atoms with van der Waals surface area (Å²) < 4.78 is 33.6. The molecule has 2 fully saturated rings. The molecule has 178 valence electrons. The zero-order valence-electron chi connectivity index (χ0n) is 18.8. The highest BCUT2D eigenvalue weighted by atomic mass is 79.9. The Morgan fingerprint density at radius 2 is 1.66 bits per heavy atom. The van der Waals surface area contributed by atoms with Gasteiger partial charge in [0.15, 0.2) is 0 Å². The molecule has 0 spiro atoms. The van der Waals surface area contributed by atoms with E-state index in [9.17, 15) is 18.0 Å². The fraction of sp³-hybridized carbons (Fsp3) is 0.619. The van der Waals surface area contributed by atoms with Crippen molar-refractivity contribution in [3.63, 3.8) is 0 Å². The van der Waals surface area contributed by atoms with Gasteiger partial charge >= 0.3 is 12.1 Å². The molecule has 11 heteroatoms. The molecule has 2 saturated heterocycles. The molecular formula is C21H32BrN4O5S+. The van der Waals surface area contributed by atoms with Crippen molar-refractivity contribution in [3.8, 4) is 0 Å². The zero-order valence-corrected chi connectivity index (χ0v) is 21.2. The minimum Gasteiger partial charge on any atom is -0.414 e. The van der Waals surface area contributed by atoms with Crippen LogP contribution in [0.25, 0.3) is 0 Å². The van der Waals surface area contributed by atoms with Crippen LogP contribution in [0.15, 0.2) is 33.6 Å². The highest BCUT2D eigenvalue weighted by Gasteiger charge is 2.51. The SMILES string of the molecule is CC(C)(C)OC(=O)[N+]1(C(=O)N2CCCN(S(=O)(=O)c3ccc(Br)cc3)CC2)CCNCC1. The van der Waals surface area contributed by atoms with Crippen LogP contribution in [0.5, 0.6) is 0 Å². The standard InChI is InChI=1S/C21H32BrN4O5S/c1-21(2,3)31-20(28)26(15-9-23-10-16-26)19(27)24-11-4-12-25(14-13-24)32(29,30)18-7-5-17(22)6-8-18/h5-8,23H,4,9-16H2,1-3H3/q+1. The number of rotatable bonds is 2. The van der Waals surface area contributed by atoms with Gasteiger partial charge in [0.1, 0.15) is 18.7 Å². The number of amides is 3. The molecule has 1 aromatic rings. The van der Waals surface area contributed by atoms with E-state index in [2.05, 4.69) is 21.2 Å². The van der Waals surface area contributed by atoms with Crippen LogP contribution >= 0.6 is 15.9 Å². The molecular weight excluding hydrogens is 500 g/mol. The molecule has 0 saturated carbocycles. The van der Waals surface area contributed by atoms with Crippen LogP contribution in [0.1, 0.15) is 27.2 Å². The summed E-state index contributed by atoms with van der Waals surface area (Å²) in [6, 6.07) is 6.20. The van der Waals surface area contributed by atoms with Gasteiger partial charge in [-0.25, -0.2) is 13.2 Å². The summed E-state index contributed by atoms with van der Waals surface area (Å²) >= 11 is 3.32. The lowest BCUT2D eigenvalue weighted by atomic mass is 10.2. The molecule has 0 unspecified atom stereocenters.